The highest BCUT2D eigenvalue weighted by atomic mass is 16.4. The molecule has 2 aliphatic carbocycles. The summed E-state index contributed by atoms with van der Waals surface area (Å²) in [6, 6.07) is 0. The zero-order valence-electron chi connectivity index (χ0n) is 7.10. The molecule has 1 saturated carbocycles. The Morgan fingerprint density at radius 2 is 2.00 bits per heavy atom. The van der Waals surface area contributed by atoms with Gasteiger partial charge in [-0.2, -0.15) is 0 Å². The van der Waals surface area contributed by atoms with E-state index in [2.05, 4.69) is 12.2 Å². The third-order valence-electron chi connectivity index (χ3n) is 2.24. The first-order valence-corrected chi connectivity index (χ1v) is 4.15. The second kappa shape index (κ2) is 3.72. The summed E-state index contributed by atoms with van der Waals surface area (Å²) in [5.74, 6) is 0.398. The predicted octanol–water partition coefficient (Wildman–Crippen LogP) is 1.03. The standard InChI is InChI=1S/C7H10O.C2H4O2/c8-7-4-5-1-2-6(7)3-5;1-2(3)4/h1-2,5-8H,3-4H2;1H3,(H,3,4). The first-order valence-electron chi connectivity index (χ1n) is 4.15. The van der Waals surface area contributed by atoms with E-state index in [4.69, 9.17) is 15.0 Å². The monoisotopic (exact) mass is 170 g/mol. The van der Waals surface area contributed by atoms with Crippen molar-refractivity contribution in [3.63, 3.8) is 0 Å². The summed E-state index contributed by atoms with van der Waals surface area (Å²) in [4.78, 5) is 9.00. The lowest BCUT2D eigenvalue weighted by Gasteiger charge is -2.08. The average molecular weight is 170 g/mol. The number of carboxylic acid groups (broad SMARTS) is 1. The topological polar surface area (TPSA) is 57.5 Å². The second-order valence-corrected chi connectivity index (χ2v) is 3.37. The molecular formula is C9H14O3. The molecule has 2 aliphatic rings. The highest BCUT2D eigenvalue weighted by Gasteiger charge is 2.33. The van der Waals surface area contributed by atoms with Crippen LogP contribution in [0.25, 0.3) is 0 Å². The van der Waals surface area contributed by atoms with Crippen LogP contribution in [0.5, 0.6) is 0 Å². The Hall–Kier alpha value is -0.830. The van der Waals surface area contributed by atoms with Crippen molar-refractivity contribution < 1.29 is 15.0 Å². The number of fused-ring (bicyclic) bond motifs is 2. The van der Waals surface area contributed by atoms with Gasteiger partial charge in [-0.05, 0) is 18.8 Å². The molecule has 0 aromatic heterocycles. The van der Waals surface area contributed by atoms with E-state index >= 15 is 0 Å². The van der Waals surface area contributed by atoms with Gasteiger partial charge in [-0.15, -0.1) is 0 Å². The van der Waals surface area contributed by atoms with E-state index in [0.717, 1.165) is 19.3 Å². The fourth-order valence-corrected chi connectivity index (χ4v) is 1.75. The maximum absolute atomic E-state index is 9.17. The van der Waals surface area contributed by atoms with Crippen molar-refractivity contribution in [3.8, 4) is 0 Å². The largest absolute Gasteiger partial charge is 0.481 e. The highest BCUT2D eigenvalue weighted by molar-refractivity contribution is 5.62. The number of hydrogen-bond donors (Lipinski definition) is 2. The fourth-order valence-electron chi connectivity index (χ4n) is 1.75. The number of rotatable bonds is 0. The molecule has 1 fully saturated rings. The van der Waals surface area contributed by atoms with Crippen LogP contribution in [0.3, 0.4) is 0 Å². The van der Waals surface area contributed by atoms with Gasteiger partial charge in [0.25, 0.3) is 5.97 Å². The Morgan fingerprint density at radius 1 is 1.42 bits per heavy atom. The molecule has 68 valence electrons. The van der Waals surface area contributed by atoms with E-state index in [0.29, 0.717) is 5.92 Å². The van der Waals surface area contributed by atoms with E-state index in [1.165, 1.54) is 6.42 Å². The summed E-state index contributed by atoms with van der Waals surface area (Å²) >= 11 is 0. The van der Waals surface area contributed by atoms with Crippen molar-refractivity contribution in [3.05, 3.63) is 12.2 Å². The van der Waals surface area contributed by atoms with Gasteiger partial charge in [0.2, 0.25) is 0 Å². The summed E-state index contributed by atoms with van der Waals surface area (Å²) in [5, 5.41) is 16.6. The normalized spacial score (nSPS) is 36.0. The maximum Gasteiger partial charge on any atom is 0.300 e. The van der Waals surface area contributed by atoms with Crippen LogP contribution in [0.15, 0.2) is 12.2 Å². The van der Waals surface area contributed by atoms with Crippen molar-refractivity contribution in [2.24, 2.45) is 11.8 Å². The van der Waals surface area contributed by atoms with Crippen LogP contribution >= 0.6 is 0 Å². The molecule has 0 spiro atoms. The zero-order valence-corrected chi connectivity index (χ0v) is 7.10. The van der Waals surface area contributed by atoms with E-state index in [1.807, 2.05) is 0 Å². The minimum atomic E-state index is -0.833. The van der Waals surface area contributed by atoms with E-state index in [1.54, 1.807) is 0 Å². The lowest BCUT2D eigenvalue weighted by molar-refractivity contribution is -0.134. The minimum absolute atomic E-state index is 0.00926. The molecule has 0 heterocycles. The smallest absolute Gasteiger partial charge is 0.300 e. The van der Waals surface area contributed by atoms with E-state index in [-0.39, 0.29) is 6.10 Å². The third kappa shape index (κ3) is 2.34. The SMILES string of the molecule is CC(=O)O.OC1CC2C=CC1C2. The van der Waals surface area contributed by atoms with Crippen LogP contribution in [0, 0.1) is 11.8 Å². The van der Waals surface area contributed by atoms with Crippen molar-refractivity contribution in [2.75, 3.05) is 0 Å². The van der Waals surface area contributed by atoms with E-state index < -0.39 is 5.97 Å². The summed E-state index contributed by atoms with van der Waals surface area (Å²) < 4.78 is 0. The lowest BCUT2D eigenvalue weighted by Crippen LogP contribution is -2.11. The van der Waals surface area contributed by atoms with Gasteiger partial charge >= 0.3 is 0 Å². The van der Waals surface area contributed by atoms with Crippen LogP contribution in [-0.4, -0.2) is 22.3 Å². The Labute approximate surface area is 71.7 Å². The van der Waals surface area contributed by atoms with Crippen molar-refractivity contribution >= 4 is 5.97 Å². The fraction of sp³-hybridized carbons (Fsp3) is 0.667. The molecule has 0 amide bonds. The molecule has 2 rings (SSSR count). The summed E-state index contributed by atoms with van der Waals surface area (Å²) in [5.41, 5.74) is 0. The summed E-state index contributed by atoms with van der Waals surface area (Å²) in [6.07, 6.45) is 6.60. The number of carbonyl (C=O) groups is 1. The highest BCUT2D eigenvalue weighted by Crippen LogP contribution is 2.38. The Bertz CT molecular complexity index is 194. The summed E-state index contributed by atoms with van der Waals surface area (Å²) in [7, 11) is 0. The first-order chi connectivity index (χ1) is 5.59. The van der Waals surface area contributed by atoms with E-state index in [9.17, 15) is 0 Å². The van der Waals surface area contributed by atoms with Gasteiger partial charge in [0.05, 0.1) is 6.10 Å². The molecule has 12 heavy (non-hydrogen) atoms. The lowest BCUT2D eigenvalue weighted by atomic mass is 10.1. The predicted molar refractivity (Wildman–Crippen MR) is 44.7 cm³/mol. The molecule has 3 atom stereocenters. The third-order valence-corrected chi connectivity index (χ3v) is 2.24. The number of hydrogen-bond acceptors (Lipinski definition) is 2. The number of aliphatic hydroxyl groups excluding tert-OH is 1. The van der Waals surface area contributed by atoms with Crippen molar-refractivity contribution in [2.45, 2.75) is 25.9 Å². The molecule has 0 aliphatic heterocycles. The second-order valence-electron chi connectivity index (χ2n) is 3.37. The zero-order chi connectivity index (χ0) is 9.14. The average Bonchev–Trinajstić information content (AvgIpc) is 2.44. The molecule has 0 radical (unpaired) electrons. The first kappa shape index (κ1) is 9.26. The van der Waals surface area contributed by atoms with Crippen LogP contribution in [0.2, 0.25) is 0 Å². The molecule has 0 aromatic carbocycles. The molecule has 2 N–H and O–H groups in total. The molecule has 0 saturated heterocycles. The van der Waals surface area contributed by atoms with Gasteiger partial charge in [-0.3, -0.25) is 4.79 Å². The molecule has 0 aromatic rings. The molecule has 3 heteroatoms. The number of aliphatic hydroxyl groups is 1. The van der Waals surface area contributed by atoms with Crippen LogP contribution in [0.1, 0.15) is 19.8 Å². The molecule has 3 unspecified atom stereocenters. The summed E-state index contributed by atoms with van der Waals surface area (Å²) in [6.45, 7) is 1.08. The van der Waals surface area contributed by atoms with Gasteiger partial charge in [0.15, 0.2) is 0 Å². The molecule has 2 bridgehead atoms. The minimum Gasteiger partial charge on any atom is -0.481 e. The number of aliphatic carboxylic acids is 1. The van der Waals surface area contributed by atoms with Gasteiger partial charge in [-0.1, -0.05) is 12.2 Å². The van der Waals surface area contributed by atoms with Gasteiger partial charge in [-0.25, -0.2) is 0 Å². The maximum atomic E-state index is 9.17. The molecule has 3 nitrogen and oxygen atoms in total. The Morgan fingerprint density at radius 3 is 2.17 bits per heavy atom. The van der Waals surface area contributed by atoms with Crippen molar-refractivity contribution in [1.82, 2.24) is 0 Å². The number of carboxylic acids is 1. The number of allylic oxidation sites excluding steroid dienone is 1. The molecular weight excluding hydrogens is 156 g/mol. The van der Waals surface area contributed by atoms with Crippen molar-refractivity contribution in [1.29, 1.82) is 0 Å². The van der Waals surface area contributed by atoms with Crippen LogP contribution in [0.4, 0.5) is 0 Å². The van der Waals surface area contributed by atoms with Crippen LogP contribution < -0.4 is 0 Å². The van der Waals surface area contributed by atoms with Gasteiger partial charge in [0, 0.05) is 12.8 Å². The quantitative estimate of drug-likeness (QED) is 0.534. The van der Waals surface area contributed by atoms with Gasteiger partial charge in [0.1, 0.15) is 0 Å². The van der Waals surface area contributed by atoms with Crippen LogP contribution in [-0.2, 0) is 4.79 Å². The Balaban J connectivity index is 0.000000157. The Kier molecular flexibility index (Phi) is 2.87. The van der Waals surface area contributed by atoms with Gasteiger partial charge < -0.3 is 10.2 Å².